The molecule has 2 heterocycles. The Bertz CT molecular complexity index is 418. The molecule has 1 aliphatic heterocycles. The van der Waals surface area contributed by atoms with E-state index in [2.05, 4.69) is 5.16 Å². The highest BCUT2D eigenvalue weighted by molar-refractivity contribution is 5.92. The lowest BCUT2D eigenvalue weighted by Gasteiger charge is -2.33. The van der Waals surface area contributed by atoms with E-state index in [0.717, 1.165) is 0 Å². The van der Waals surface area contributed by atoms with E-state index < -0.39 is 0 Å². The summed E-state index contributed by atoms with van der Waals surface area (Å²) >= 11 is 0. The van der Waals surface area contributed by atoms with Gasteiger partial charge in [-0.1, -0.05) is 12.1 Å². The molecule has 1 aliphatic rings. The van der Waals surface area contributed by atoms with Gasteiger partial charge in [-0.3, -0.25) is 4.79 Å². The zero-order valence-electron chi connectivity index (χ0n) is 10.6. The van der Waals surface area contributed by atoms with E-state index in [4.69, 9.17) is 9.26 Å². The van der Waals surface area contributed by atoms with Gasteiger partial charge in [-0.25, -0.2) is 0 Å². The summed E-state index contributed by atoms with van der Waals surface area (Å²) in [4.78, 5) is 13.9. The Balaban J connectivity index is 2.02. The van der Waals surface area contributed by atoms with Crippen molar-refractivity contribution in [3.63, 3.8) is 0 Å². The Hall–Kier alpha value is -1.40. The second-order valence-electron chi connectivity index (χ2n) is 4.70. The zero-order chi connectivity index (χ0) is 13.1. The van der Waals surface area contributed by atoms with Gasteiger partial charge in [-0.2, -0.15) is 0 Å². The molecule has 6 nitrogen and oxygen atoms in total. The van der Waals surface area contributed by atoms with E-state index in [1.807, 2.05) is 6.92 Å². The van der Waals surface area contributed by atoms with E-state index in [9.17, 15) is 9.90 Å². The lowest BCUT2D eigenvalue weighted by atomic mass is 9.96. The summed E-state index contributed by atoms with van der Waals surface area (Å²) < 4.78 is 9.90. The van der Waals surface area contributed by atoms with Crippen LogP contribution >= 0.6 is 0 Å². The molecule has 0 aromatic carbocycles. The average Bonchev–Trinajstić information content (AvgIpc) is 2.81. The van der Waals surface area contributed by atoms with Crippen LogP contribution in [0.25, 0.3) is 0 Å². The summed E-state index contributed by atoms with van der Waals surface area (Å²) in [7, 11) is 1.55. The van der Waals surface area contributed by atoms with E-state index in [-0.39, 0.29) is 17.9 Å². The standard InChI is InChI=1S/C12H18N2O4/c1-8-6-14(4-3-11(8)15)12(16)10-5-9(7-17-2)18-13-10/h5,8,11,15H,3-4,6-7H2,1-2H3. The van der Waals surface area contributed by atoms with Crippen molar-refractivity contribution in [2.45, 2.75) is 26.1 Å². The summed E-state index contributed by atoms with van der Waals surface area (Å²) in [6.45, 7) is 3.34. The number of aliphatic hydroxyl groups excluding tert-OH is 1. The van der Waals surface area contributed by atoms with E-state index in [1.165, 1.54) is 0 Å². The smallest absolute Gasteiger partial charge is 0.276 e. The Labute approximate surface area is 106 Å². The van der Waals surface area contributed by atoms with Gasteiger partial charge in [0.1, 0.15) is 6.61 Å². The number of hydrogen-bond acceptors (Lipinski definition) is 5. The highest BCUT2D eigenvalue weighted by atomic mass is 16.5. The van der Waals surface area contributed by atoms with Crippen molar-refractivity contribution in [2.24, 2.45) is 5.92 Å². The molecule has 0 spiro atoms. The first-order chi connectivity index (χ1) is 8.61. The van der Waals surface area contributed by atoms with Crippen LogP contribution in [-0.2, 0) is 11.3 Å². The number of hydrogen-bond donors (Lipinski definition) is 1. The van der Waals surface area contributed by atoms with Crippen LogP contribution in [0.4, 0.5) is 0 Å². The molecule has 0 aliphatic carbocycles. The molecule has 1 aromatic heterocycles. The van der Waals surface area contributed by atoms with Crippen molar-refractivity contribution in [1.82, 2.24) is 10.1 Å². The minimum absolute atomic E-state index is 0.0908. The number of ether oxygens (including phenoxy) is 1. The van der Waals surface area contributed by atoms with Crippen molar-refractivity contribution < 1.29 is 19.2 Å². The van der Waals surface area contributed by atoms with E-state index >= 15 is 0 Å². The Kier molecular flexibility index (Phi) is 3.98. The van der Waals surface area contributed by atoms with Gasteiger partial charge in [0.2, 0.25) is 0 Å². The van der Waals surface area contributed by atoms with Crippen LogP contribution in [0.15, 0.2) is 10.6 Å². The Morgan fingerprint density at radius 2 is 2.50 bits per heavy atom. The summed E-state index contributed by atoms with van der Waals surface area (Å²) in [5.74, 6) is 0.471. The lowest BCUT2D eigenvalue weighted by Crippen LogP contribution is -2.45. The first-order valence-electron chi connectivity index (χ1n) is 6.03. The molecule has 6 heteroatoms. The number of aliphatic hydroxyl groups is 1. The van der Waals surface area contributed by atoms with Crippen LogP contribution < -0.4 is 0 Å². The first-order valence-corrected chi connectivity index (χ1v) is 6.03. The molecule has 1 saturated heterocycles. The number of aromatic nitrogens is 1. The second kappa shape index (κ2) is 5.49. The van der Waals surface area contributed by atoms with Crippen molar-refractivity contribution >= 4 is 5.91 Å². The third-order valence-corrected chi connectivity index (χ3v) is 3.21. The molecule has 1 fully saturated rings. The van der Waals surface area contributed by atoms with Gasteiger partial charge in [0.05, 0.1) is 6.10 Å². The molecule has 2 rings (SSSR count). The highest BCUT2D eigenvalue weighted by Crippen LogP contribution is 2.18. The number of likely N-dealkylation sites (tertiary alicyclic amines) is 1. The Morgan fingerprint density at radius 1 is 1.72 bits per heavy atom. The van der Waals surface area contributed by atoms with Crippen molar-refractivity contribution in [3.05, 3.63) is 17.5 Å². The molecule has 1 N–H and O–H groups in total. The number of carbonyl (C=O) groups is 1. The quantitative estimate of drug-likeness (QED) is 0.857. The van der Waals surface area contributed by atoms with Crippen LogP contribution in [0.2, 0.25) is 0 Å². The fraction of sp³-hybridized carbons (Fsp3) is 0.667. The Morgan fingerprint density at radius 3 is 3.17 bits per heavy atom. The van der Waals surface area contributed by atoms with Crippen molar-refractivity contribution in [2.75, 3.05) is 20.2 Å². The number of rotatable bonds is 3. The highest BCUT2D eigenvalue weighted by Gasteiger charge is 2.29. The largest absolute Gasteiger partial charge is 0.393 e. The molecule has 100 valence electrons. The van der Waals surface area contributed by atoms with E-state index in [0.29, 0.717) is 37.6 Å². The average molecular weight is 254 g/mol. The molecule has 2 unspecified atom stereocenters. The summed E-state index contributed by atoms with van der Waals surface area (Å²) in [6.07, 6.45) is 0.283. The summed E-state index contributed by atoms with van der Waals surface area (Å²) in [6, 6.07) is 1.60. The summed E-state index contributed by atoms with van der Waals surface area (Å²) in [5.41, 5.74) is 0.297. The molecule has 0 bridgehead atoms. The number of piperidine rings is 1. The third kappa shape index (κ3) is 2.70. The predicted molar refractivity (Wildman–Crippen MR) is 62.9 cm³/mol. The van der Waals surface area contributed by atoms with Crippen molar-refractivity contribution in [1.29, 1.82) is 0 Å². The molecular weight excluding hydrogens is 236 g/mol. The molecule has 1 aromatic rings. The van der Waals surface area contributed by atoms with Gasteiger partial charge in [0.25, 0.3) is 5.91 Å². The van der Waals surface area contributed by atoms with Crippen LogP contribution in [0.1, 0.15) is 29.6 Å². The SMILES string of the molecule is COCc1cc(C(=O)N2CCC(O)C(C)C2)no1. The monoisotopic (exact) mass is 254 g/mol. The minimum atomic E-state index is -0.324. The van der Waals surface area contributed by atoms with Gasteiger partial charge < -0.3 is 19.3 Å². The maximum Gasteiger partial charge on any atom is 0.276 e. The minimum Gasteiger partial charge on any atom is -0.393 e. The van der Waals surface area contributed by atoms with Gasteiger partial charge in [-0.15, -0.1) is 0 Å². The zero-order valence-corrected chi connectivity index (χ0v) is 10.6. The molecule has 1 amide bonds. The van der Waals surface area contributed by atoms with Gasteiger partial charge in [0.15, 0.2) is 11.5 Å². The van der Waals surface area contributed by atoms with Gasteiger partial charge >= 0.3 is 0 Å². The van der Waals surface area contributed by atoms with Gasteiger partial charge in [0, 0.05) is 26.3 Å². The first kappa shape index (κ1) is 13.0. The maximum atomic E-state index is 12.2. The molecule has 2 atom stereocenters. The molecule has 0 saturated carbocycles. The predicted octanol–water partition coefficient (Wildman–Crippen LogP) is 0.664. The lowest BCUT2D eigenvalue weighted by molar-refractivity contribution is 0.0292. The van der Waals surface area contributed by atoms with Crippen LogP contribution in [0, 0.1) is 5.92 Å². The van der Waals surface area contributed by atoms with Crippen LogP contribution in [0.3, 0.4) is 0 Å². The topological polar surface area (TPSA) is 75.8 Å². The number of methoxy groups -OCH3 is 1. The number of carbonyl (C=O) groups excluding carboxylic acids is 1. The fourth-order valence-corrected chi connectivity index (χ4v) is 2.10. The molecule has 18 heavy (non-hydrogen) atoms. The second-order valence-corrected chi connectivity index (χ2v) is 4.70. The maximum absolute atomic E-state index is 12.2. The normalized spacial score (nSPS) is 24.3. The van der Waals surface area contributed by atoms with Crippen LogP contribution in [0.5, 0.6) is 0 Å². The summed E-state index contributed by atoms with van der Waals surface area (Å²) in [5, 5.41) is 13.4. The number of nitrogens with zero attached hydrogens (tertiary/aromatic N) is 2. The molecule has 0 radical (unpaired) electrons. The number of amides is 1. The van der Waals surface area contributed by atoms with Crippen molar-refractivity contribution in [3.8, 4) is 0 Å². The third-order valence-electron chi connectivity index (χ3n) is 3.21. The molecular formula is C12H18N2O4. The van der Waals surface area contributed by atoms with Crippen LogP contribution in [-0.4, -0.2) is 47.4 Å². The fourth-order valence-electron chi connectivity index (χ4n) is 2.10. The van der Waals surface area contributed by atoms with Gasteiger partial charge in [-0.05, 0) is 12.3 Å². The van der Waals surface area contributed by atoms with E-state index in [1.54, 1.807) is 18.1 Å².